The number of nitrogens with one attached hydrogen (secondary N) is 1. The molecule has 2 N–H and O–H groups in total. The van der Waals surface area contributed by atoms with Crippen LogP contribution < -0.4 is 10.1 Å². The number of halogens is 3. The molecule has 0 aliphatic heterocycles. The van der Waals surface area contributed by atoms with Crippen molar-refractivity contribution in [2.45, 2.75) is 44.1 Å². The van der Waals surface area contributed by atoms with Gasteiger partial charge in [0.05, 0.1) is 6.54 Å². The average Bonchev–Trinajstić information content (AvgIpc) is 3.31. The minimum Gasteiger partial charge on any atom is -0.480 e. The molecule has 0 bridgehead atoms. The van der Waals surface area contributed by atoms with E-state index in [0.29, 0.717) is 18.8 Å². The maximum absolute atomic E-state index is 12.3. The Labute approximate surface area is 154 Å². The lowest BCUT2D eigenvalue weighted by atomic mass is 9.85. The number of amides is 1. The van der Waals surface area contributed by atoms with Crippen molar-refractivity contribution in [3.8, 4) is 5.75 Å². The smallest absolute Gasteiger partial charge is 0.480 e. The highest BCUT2D eigenvalue weighted by Crippen LogP contribution is 2.34. The second-order valence-electron chi connectivity index (χ2n) is 7.14. The number of alkyl halides is 3. The number of rotatable bonds is 8. The average molecular weight is 386 g/mol. The molecule has 6 nitrogen and oxygen atoms in total. The van der Waals surface area contributed by atoms with Crippen molar-refractivity contribution in [1.29, 1.82) is 0 Å². The molecular formula is C18H21F3N2O4. The van der Waals surface area contributed by atoms with Crippen LogP contribution in [0.3, 0.4) is 0 Å². The van der Waals surface area contributed by atoms with E-state index in [2.05, 4.69) is 10.1 Å². The molecule has 0 heterocycles. The Morgan fingerprint density at radius 1 is 1.26 bits per heavy atom. The molecule has 0 atom stereocenters. The molecule has 1 amide bonds. The Balaban J connectivity index is 1.51. The minimum absolute atomic E-state index is 0.0152. The molecule has 9 heteroatoms. The van der Waals surface area contributed by atoms with E-state index in [1.165, 1.54) is 12.1 Å². The summed E-state index contributed by atoms with van der Waals surface area (Å²) in [6.45, 7) is 0.743. The van der Waals surface area contributed by atoms with Gasteiger partial charge in [-0.25, -0.2) is 0 Å². The minimum atomic E-state index is -4.81. The second-order valence-corrected chi connectivity index (χ2v) is 7.14. The van der Waals surface area contributed by atoms with Crippen LogP contribution >= 0.6 is 0 Å². The molecule has 1 aromatic rings. The van der Waals surface area contributed by atoms with Gasteiger partial charge in [0.1, 0.15) is 5.75 Å². The third-order valence-corrected chi connectivity index (χ3v) is 4.82. The van der Waals surface area contributed by atoms with E-state index in [0.717, 1.165) is 31.5 Å². The summed E-state index contributed by atoms with van der Waals surface area (Å²) in [6.07, 6.45) is -1.31. The van der Waals surface area contributed by atoms with Gasteiger partial charge in [-0.2, -0.15) is 0 Å². The van der Waals surface area contributed by atoms with Gasteiger partial charge < -0.3 is 15.2 Å². The monoisotopic (exact) mass is 386 g/mol. The summed E-state index contributed by atoms with van der Waals surface area (Å²) in [5.41, 5.74) is 0.0839. The standard InChI is InChI=1S/C18H21F3N2O4/c19-18(20,21)27-15-3-1-2-12(6-15)17(26)22-13-7-14(8-13)23(10-16(24)25)9-11-4-5-11/h1-3,6,11,13-14H,4-5,7-10H2,(H,22,26)(H,24,25). The normalized spacial score (nSPS) is 22.2. The van der Waals surface area contributed by atoms with Crippen LogP contribution in [-0.4, -0.2) is 53.4 Å². The Hall–Kier alpha value is -2.29. The van der Waals surface area contributed by atoms with Crippen LogP contribution in [0.4, 0.5) is 13.2 Å². The van der Waals surface area contributed by atoms with E-state index in [1.54, 1.807) is 0 Å². The molecule has 2 aliphatic carbocycles. The molecule has 0 radical (unpaired) electrons. The van der Waals surface area contributed by atoms with Gasteiger partial charge >= 0.3 is 12.3 Å². The van der Waals surface area contributed by atoms with Crippen molar-refractivity contribution in [3.05, 3.63) is 29.8 Å². The molecular weight excluding hydrogens is 365 g/mol. The maximum Gasteiger partial charge on any atom is 0.573 e. The molecule has 2 aliphatic rings. The first kappa shape index (κ1) is 19.5. The van der Waals surface area contributed by atoms with Crippen LogP contribution in [0.1, 0.15) is 36.0 Å². The molecule has 0 aromatic heterocycles. The number of hydrogen-bond acceptors (Lipinski definition) is 4. The Kier molecular flexibility index (Phi) is 5.59. The number of carbonyl (C=O) groups is 2. The van der Waals surface area contributed by atoms with Gasteiger partial charge in [0.2, 0.25) is 0 Å². The van der Waals surface area contributed by atoms with E-state index < -0.39 is 24.0 Å². The number of carbonyl (C=O) groups excluding carboxylic acids is 1. The van der Waals surface area contributed by atoms with Gasteiger partial charge in [0.25, 0.3) is 5.91 Å². The predicted molar refractivity (Wildman–Crippen MR) is 89.3 cm³/mol. The third-order valence-electron chi connectivity index (χ3n) is 4.82. The first-order chi connectivity index (χ1) is 12.7. The Morgan fingerprint density at radius 2 is 1.96 bits per heavy atom. The van der Waals surface area contributed by atoms with Gasteiger partial charge in [0.15, 0.2) is 0 Å². The lowest BCUT2D eigenvalue weighted by Gasteiger charge is -2.42. The summed E-state index contributed by atoms with van der Waals surface area (Å²) in [5, 5.41) is 11.8. The number of nitrogens with zero attached hydrogens (tertiary/aromatic N) is 1. The van der Waals surface area contributed by atoms with Gasteiger partial charge in [-0.15, -0.1) is 13.2 Å². The Bertz CT molecular complexity index is 700. The van der Waals surface area contributed by atoms with Gasteiger partial charge in [-0.1, -0.05) is 6.07 Å². The van der Waals surface area contributed by atoms with E-state index >= 15 is 0 Å². The summed E-state index contributed by atoms with van der Waals surface area (Å²) >= 11 is 0. The lowest BCUT2D eigenvalue weighted by Crippen LogP contribution is -2.55. The molecule has 1 aromatic carbocycles. The summed E-state index contributed by atoms with van der Waals surface area (Å²) in [7, 11) is 0. The van der Waals surface area contributed by atoms with Crippen LogP contribution in [0.2, 0.25) is 0 Å². The number of benzene rings is 1. The van der Waals surface area contributed by atoms with Crippen molar-refractivity contribution >= 4 is 11.9 Å². The highest BCUT2D eigenvalue weighted by Gasteiger charge is 2.38. The van der Waals surface area contributed by atoms with Gasteiger partial charge in [-0.05, 0) is 49.8 Å². The largest absolute Gasteiger partial charge is 0.573 e. The van der Waals surface area contributed by atoms with Crippen molar-refractivity contribution in [3.63, 3.8) is 0 Å². The zero-order chi connectivity index (χ0) is 19.6. The topological polar surface area (TPSA) is 78.9 Å². The quantitative estimate of drug-likeness (QED) is 0.718. The highest BCUT2D eigenvalue weighted by molar-refractivity contribution is 5.94. The zero-order valence-corrected chi connectivity index (χ0v) is 14.5. The fourth-order valence-electron chi connectivity index (χ4n) is 3.26. The number of carboxylic acid groups (broad SMARTS) is 1. The van der Waals surface area contributed by atoms with E-state index in [4.69, 9.17) is 5.11 Å². The van der Waals surface area contributed by atoms with Crippen molar-refractivity contribution < 1.29 is 32.6 Å². The van der Waals surface area contributed by atoms with Crippen LogP contribution in [0.15, 0.2) is 24.3 Å². The molecule has 148 valence electrons. The predicted octanol–water partition coefficient (Wildman–Crippen LogP) is 2.64. The summed E-state index contributed by atoms with van der Waals surface area (Å²) < 4.78 is 40.7. The number of aliphatic carboxylic acids is 1. The summed E-state index contributed by atoms with van der Waals surface area (Å²) in [6, 6.07) is 4.90. The second kappa shape index (κ2) is 7.75. The highest BCUT2D eigenvalue weighted by atomic mass is 19.4. The molecule has 2 fully saturated rings. The molecule has 0 saturated heterocycles. The first-order valence-corrected chi connectivity index (χ1v) is 8.82. The molecule has 0 spiro atoms. The van der Waals surface area contributed by atoms with Gasteiger partial charge in [0, 0.05) is 24.2 Å². The van der Waals surface area contributed by atoms with Crippen LogP contribution in [0.25, 0.3) is 0 Å². The summed E-state index contributed by atoms with van der Waals surface area (Å²) in [5.74, 6) is -1.23. The van der Waals surface area contributed by atoms with Crippen molar-refractivity contribution in [2.75, 3.05) is 13.1 Å². The number of ether oxygens (including phenoxy) is 1. The fourth-order valence-corrected chi connectivity index (χ4v) is 3.26. The lowest BCUT2D eigenvalue weighted by molar-refractivity contribution is -0.274. The third kappa shape index (κ3) is 5.85. The van der Waals surface area contributed by atoms with Gasteiger partial charge in [-0.3, -0.25) is 14.5 Å². The van der Waals surface area contributed by atoms with Crippen LogP contribution in [-0.2, 0) is 4.79 Å². The zero-order valence-electron chi connectivity index (χ0n) is 14.5. The SMILES string of the molecule is O=C(O)CN(CC1CC1)C1CC(NC(=O)c2cccc(OC(F)(F)F)c2)C1. The van der Waals surface area contributed by atoms with Crippen LogP contribution in [0.5, 0.6) is 5.75 Å². The number of carboxylic acids is 1. The maximum atomic E-state index is 12.3. The van der Waals surface area contributed by atoms with E-state index in [9.17, 15) is 22.8 Å². The molecule has 27 heavy (non-hydrogen) atoms. The Morgan fingerprint density at radius 3 is 2.56 bits per heavy atom. The van der Waals surface area contributed by atoms with E-state index in [-0.39, 0.29) is 24.2 Å². The van der Waals surface area contributed by atoms with Crippen LogP contribution in [0, 0.1) is 5.92 Å². The van der Waals surface area contributed by atoms with Crippen molar-refractivity contribution in [2.24, 2.45) is 5.92 Å². The summed E-state index contributed by atoms with van der Waals surface area (Å²) in [4.78, 5) is 25.2. The number of hydrogen-bond donors (Lipinski definition) is 2. The van der Waals surface area contributed by atoms with E-state index in [1.807, 2.05) is 4.90 Å². The molecule has 2 saturated carbocycles. The first-order valence-electron chi connectivity index (χ1n) is 8.82. The molecule has 0 unspecified atom stereocenters. The van der Waals surface area contributed by atoms with Crippen molar-refractivity contribution in [1.82, 2.24) is 10.2 Å². The molecule has 3 rings (SSSR count). The fraction of sp³-hybridized carbons (Fsp3) is 0.556.